The molecule has 10 nitrogen and oxygen atoms in total. The van der Waals surface area contributed by atoms with E-state index in [-0.39, 0.29) is 18.7 Å². The van der Waals surface area contributed by atoms with Crippen LogP contribution in [0.25, 0.3) is 22.3 Å². The first kappa shape index (κ1) is 31.9. The highest BCUT2D eigenvalue weighted by Gasteiger charge is 2.25. The lowest BCUT2D eigenvalue weighted by Gasteiger charge is -2.22. The van der Waals surface area contributed by atoms with Crippen molar-refractivity contribution >= 4 is 17.5 Å². The number of primary amides is 1. The molecule has 0 aliphatic carbocycles. The Hall–Kier alpha value is -5.03. The van der Waals surface area contributed by atoms with E-state index in [1.807, 2.05) is 38.1 Å². The molecule has 0 saturated carbocycles. The number of ether oxygens (including phenoxy) is 1. The lowest BCUT2D eigenvalue weighted by molar-refractivity contribution is -0.125. The molecule has 1 aromatic heterocycles. The number of aromatic nitrogens is 2. The van der Waals surface area contributed by atoms with Crippen LogP contribution >= 0.6 is 0 Å². The summed E-state index contributed by atoms with van der Waals surface area (Å²) in [5, 5.41) is 5.88. The number of anilines is 1. The highest BCUT2D eigenvalue weighted by atomic mass is 19.1. The Morgan fingerprint density at radius 1 is 1.02 bits per heavy atom. The summed E-state index contributed by atoms with van der Waals surface area (Å²) >= 11 is 0. The summed E-state index contributed by atoms with van der Waals surface area (Å²) in [7, 11) is 2.77. The molecule has 4 aromatic rings. The molecule has 2 amide bonds. The second kappa shape index (κ2) is 12.7. The van der Waals surface area contributed by atoms with E-state index in [0.717, 1.165) is 38.6 Å². The molecule has 0 fully saturated rings. The normalized spacial score (nSPS) is 11.3. The molecule has 44 heavy (non-hydrogen) atoms. The Labute approximate surface area is 254 Å². The second-order valence-corrected chi connectivity index (χ2v) is 11.3. The molecular formula is C33H36FN5O5. The van der Waals surface area contributed by atoms with Gasteiger partial charge in [0, 0.05) is 37.6 Å². The number of H-pyrrole nitrogens is 1. The smallest absolute Gasteiger partial charge is 0.328 e. The van der Waals surface area contributed by atoms with Crippen LogP contribution < -0.4 is 32.4 Å². The van der Waals surface area contributed by atoms with E-state index in [4.69, 9.17) is 10.5 Å². The topological polar surface area (TPSA) is 148 Å². The van der Waals surface area contributed by atoms with Gasteiger partial charge in [0.15, 0.2) is 0 Å². The van der Waals surface area contributed by atoms with Crippen LogP contribution in [-0.4, -0.2) is 35.0 Å². The van der Waals surface area contributed by atoms with Crippen molar-refractivity contribution < 1.29 is 18.7 Å². The number of nitrogens with one attached hydrogen (secondary N) is 3. The third-order valence-electron chi connectivity index (χ3n) is 7.85. The van der Waals surface area contributed by atoms with Crippen LogP contribution in [0.1, 0.15) is 40.9 Å². The largest absolute Gasteiger partial charge is 0.496 e. The van der Waals surface area contributed by atoms with Crippen molar-refractivity contribution in [3.05, 3.63) is 104 Å². The monoisotopic (exact) mass is 601 g/mol. The summed E-state index contributed by atoms with van der Waals surface area (Å²) in [5.74, 6) is -1.19. The fourth-order valence-corrected chi connectivity index (χ4v) is 4.93. The summed E-state index contributed by atoms with van der Waals surface area (Å²) in [6.07, 6.45) is 1.10. The van der Waals surface area contributed by atoms with Crippen LogP contribution in [0.4, 0.5) is 10.1 Å². The van der Waals surface area contributed by atoms with Gasteiger partial charge in [-0.2, -0.15) is 0 Å². The Kier molecular flexibility index (Phi) is 9.19. The number of aromatic amines is 1. The zero-order chi connectivity index (χ0) is 32.3. The maximum absolute atomic E-state index is 15.5. The Bertz CT molecular complexity index is 1880. The molecule has 11 heteroatoms. The van der Waals surface area contributed by atoms with Crippen molar-refractivity contribution in [3.63, 3.8) is 0 Å². The molecule has 0 atom stereocenters. The van der Waals surface area contributed by atoms with E-state index >= 15 is 4.39 Å². The van der Waals surface area contributed by atoms with Gasteiger partial charge in [0.1, 0.15) is 17.1 Å². The summed E-state index contributed by atoms with van der Waals surface area (Å²) in [4.78, 5) is 51.1. The molecule has 1 heterocycles. The van der Waals surface area contributed by atoms with Crippen molar-refractivity contribution in [2.45, 2.75) is 34.2 Å². The highest BCUT2D eigenvalue weighted by Crippen LogP contribution is 2.37. The molecule has 4 rings (SSSR count). The van der Waals surface area contributed by atoms with E-state index < -0.39 is 34.3 Å². The number of nitrogens with zero attached hydrogens (tertiary/aromatic N) is 1. The molecule has 3 aromatic carbocycles. The second-order valence-electron chi connectivity index (χ2n) is 11.3. The van der Waals surface area contributed by atoms with Crippen molar-refractivity contribution in [2.24, 2.45) is 18.2 Å². The molecular weight excluding hydrogens is 565 g/mol. The number of amides is 2. The average Bonchev–Trinajstić information content (AvgIpc) is 2.97. The zero-order valence-electron chi connectivity index (χ0n) is 25.6. The third kappa shape index (κ3) is 6.32. The van der Waals surface area contributed by atoms with Crippen molar-refractivity contribution in [1.29, 1.82) is 0 Å². The van der Waals surface area contributed by atoms with E-state index in [0.29, 0.717) is 22.6 Å². The fourth-order valence-electron chi connectivity index (χ4n) is 4.93. The number of carbonyl (C=O) groups is 2. The summed E-state index contributed by atoms with van der Waals surface area (Å²) in [5.41, 5.74) is 8.72. The van der Waals surface area contributed by atoms with Crippen LogP contribution in [0.3, 0.4) is 0 Å². The molecule has 5 N–H and O–H groups in total. The molecule has 0 aliphatic rings. The number of methoxy groups -OCH3 is 1. The van der Waals surface area contributed by atoms with Gasteiger partial charge in [-0.3, -0.25) is 19.0 Å². The van der Waals surface area contributed by atoms with Gasteiger partial charge in [0.05, 0.1) is 12.5 Å². The minimum atomic E-state index is -0.793. The highest BCUT2D eigenvalue weighted by molar-refractivity contribution is 6.04. The van der Waals surface area contributed by atoms with Crippen LogP contribution in [0, 0.1) is 25.1 Å². The number of carbonyl (C=O) groups excluding carboxylic acids is 2. The van der Waals surface area contributed by atoms with Crippen LogP contribution in [-0.2, 0) is 18.4 Å². The average molecular weight is 602 g/mol. The molecule has 0 aliphatic heterocycles. The van der Waals surface area contributed by atoms with E-state index in [9.17, 15) is 19.2 Å². The quantitative estimate of drug-likeness (QED) is 0.216. The standard InChI is InChI=1S/C33H36FN5O5/c1-18-21(20-13-26(34)24(28(14-20)44-6)15-36-17-33(3,4)31(35)42)9-7-10-22(18)23-11-8-12-27(19(23)2)38-29(40)25-16-37-32(43)39(5)30(25)41/h7-14,16,36H,15,17H2,1-6H3,(H2,35,42)(H,37,43)(H,38,40). The van der Waals surface area contributed by atoms with Gasteiger partial charge in [-0.05, 0) is 79.3 Å². The lowest BCUT2D eigenvalue weighted by atomic mass is 9.90. The van der Waals surface area contributed by atoms with Gasteiger partial charge in [-0.15, -0.1) is 0 Å². The first-order valence-corrected chi connectivity index (χ1v) is 13.9. The van der Waals surface area contributed by atoms with Crippen molar-refractivity contribution in [1.82, 2.24) is 14.9 Å². The minimum Gasteiger partial charge on any atom is -0.496 e. The Balaban J connectivity index is 1.66. The molecule has 0 spiro atoms. The number of nitrogens with two attached hydrogens (primary N) is 1. The van der Waals surface area contributed by atoms with Gasteiger partial charge >= 0.3 is 5.69 Å². The summed E-state index contributed by atoms with van der Waals surface area (Å²) in [6.45, 7) is 7.64. The van der Waals surface area contributed by atoms with Crippen LogP contribution in [0.15, 0.2) is 64.3 Å². The number of hydrogen-bond donors (Lipinski definition) is 4. The molecule has 0 saturated heterocycles. The van der Waals surface area contributed by atoms with E-state index in [1.165, 1.54) is 20.2 Å². The van der Waals surface area contributed by atoms with Gasteiger partial charge in [-0.1, -0.05) is 30.3 Å². The van der Waals surface area contributed by atoms with Crippen LogP contribution in [0.5, 0.6) is 5.75 Å². The van der Waals surface area contributed by atoms with E-state index in [1.54, 1.807) is 32.0 Å². The Morgan fingerprint density at radius 3 is 2.32 bits per heavy atom. The van der Waals surface area contributed by atoms with E-state index in [2.05, 4.69) is 15.6 Å². The van der Waals surface area contributed by atoms with Crippen molar-refractivity contribution in [2.75, 3.05) is 19.0 Å². The van der Waals surface area contributed by atoms with Crippen molar-refractivity contribution in [3.8, 4) is 28.0 Å². The molecule has 0 radical (unpaired) electrons. The third-order valence-corrected chi connectivity index (χ3v) is 7.85. The number of halogens is 1. The predicted molar refractivity (Wildman–Crippen MR) is 168 cm³/mol. The molecule has 0 bridgehead atoms. The SMILES string of the molecule is COc1cc(-c2cccc(-c3cccc(NC(=O)c4c[nH]c(=O)n(C)c4=O)c3C)c2C)cc(F)c1CNCC(C)(C)C(N)=O. The first-order chi connectivity index (χ1) is 20.8. The van der Waals surface area contributed by atoms with Crippen LogP contribution in [0.2, 0.25) is 0 Å². The number of hydrogen-bond acceptors (Lipinski definition) is 6. The van der Waals surface area contributed by atoms with Gasteiger partial charge in [0.25, 0.3) is 11.5 Å². The minimum absolute atomic E-state index is 0.147. The van der Waals surface area contributed by atoms with Gasteiger partial charge in [0.2, 0.25) is 5.91 Å². The molecule has 230 valence electrons. The van der Waals surface area contributed by atoms with Gasteiger partial charge in [-0.25, -0.2) is 9.18 Å². The maximum Gasteiger partial charge on any atom is 0.328 e. The first-order valence-electron chi connectivity index (χ1n) is 13.9. The van der Waals surface area contributed by atoms with Gasteiger partial charge < -0.3 is 26.1 Å². The lowest BCUT2D eigenvalue weighted by Crippen LogP contribution is -2.40. The fraction of sp³-hybridized carbons (Fsp3) is 0.273. The zero-order valence-corrected chi connectivity index (χ0v) is 25.6. The number of rotatable bonds is 10. The summed E-state index contributed by atoms with van der Waals surface area (Å²) < 4.78 is 21.9. The Morgan fingerprint density at radius 2 is 1.66 bits per heavy atom. The summed E-state index contributed by atoms with van der Waals surface area (Å²) in [6, 6.07) is 14.4. The number of benzene rings is 3. The predicted octanol–water partition coefficient (Wildman–Crippen LogP) is 4.03. The maximum atomic E-state index is 15.5. The molecule has 0 unspecified atom stereocenters.